The van der Waals surface area contributed by atoms with Gasteiger partial charge < -0.3 is 9.47 Å². The minimum atomic E-state index is -3.41. The SMILES string of the molecule is CC(=O)OCCC(CN(CC(CCOC(C)=O)([N+](=O)[O-])[N+](=O)[O-])[N+](=O)[O-])([N+](=O)[O-])[N+](=O)[O-]. The van der Waals surface area contributed by atoms with Gasteiger partial charge in [0.15, 0.2) is 5.03 Å². The Bertz CT molecular complexity index is 713. The Labute approximate surface area is 176 Å². The van der Waals surface area contributed by atoms with Gasteiger partial charge in [-0.05, 0) is 0 Å². The molecule has 0 radical (unpaired) electrons. The molecule has 0 heterocycles. The quantitative estimate of drug-likeness (QED) is 0.119. The fourth-order valence-electron chi connectivity index (χ4n) is 2.36. The molecule has 0 saturated heterocycles. The predicted octanol–water partition coefficient (Wildman–Crippen LogP) is -1.11. The number of nitrogens with zero attached hydrogens (tertiary/aromatic N) is 6. The van der Waals surface area contributed by atoms with E-state index in [4.69, 9.17) is 0 Å². The van der Waals surface area contributed by atoms with Gasteiger partial charge in [0.1, 0.15) is 45.7 Å². The second-order valence-corrected chi connectivity index (χ2v) is 6.23. The smallest absolute Gasteiger partial charge is 0.465 e. The number of hydrogen-bond donors (Lipinski definition) is 0. The molecular weight excluding hydrogens is 452 g/mol. The fourth-order valence-corrected chi connectivity index (χ4v) is 2.36. The van der Waals surface area contributed by atoms with Gasteiger partial charge in [-0.3, -0.25) is 50.0 Å². The predicted molar refractivity (Wildman–Crippen MR) is 94.5 cm³/mol. The Morgan fingerprint density at radius 1 is 0.688 bits per heavy atom. The minimum absolute atomic E-state index is 0.418. The third-order valence-corrected chi connectivity index (χ3v) is 4.08. The van der Waals surface area contributed by atoms with E-state index in [1.165, 1.54) is 0 Å². The van der Waals surface area contributed by atoms with Gasteiger partial charge in [-0.15, -0.1) is 0 Å². The number of ether oxygens (including phenoxy) is 2. The molecule has 180 valence electrons. The van der Waals surface area contributed by atoms with Gasteiger partial charge >= 0.3 is 23.3 Å². The van der Waals surface area contributed by atoms with Gasteiger partial charge in [-0.1, -0.05) is 5.01 Å². The molecule has 20 nitrogen and oxygen atoms in total. The zero-order valence-electron chi connectivity index (χ0n) is 16.6. The number of nitro groups is 5. The summed E-state index contributed by atoms with van der Waals surface area (Å²) >= 11 is 0. The Balaban J connectivity index is 6.16. The summed E-state index contributed by atoms with van der Waals surface area (Å²) in [5, 5.41) is 55.2. The van der Waals surface area contributed by atoms with Crippen LogP contribution in [0.2, 0.25) is 0 Å². The van der Waals surface area contributed by atoms with E-state index >= 15 is 0 Å². The highest BCUT2D eigenvalue weighted by molar-refractivity contribution is 5.66. The van der Waals surface area contributed by atoms with Gasteiger partial charge in [-0.2, -0.15) is 0 Å². The summed E-state index contributed by atoms with van der Waals surface area (Å²) in [6.07, 6.45) is -2.37. The van der Waals surface area contributed by atoms with Crippen molar-refractivity contribution in [1.82, 2.24) is 5.01 Å². The van der Waals surface area contributed by atoms with Crippen LogP contribution in [0, 0.1) is 50.6 Å². The van der Waals surface area contributed by atoms with Crippen molar-refractivity contribution < 1.29 is 43.8 Å². The van der Waals surface area contributed by atoms with Crippen LogP contribution in [0.25, 0.3) is 0 Å². The first kappa shape index (κ1) is 27.7. The zero-order valence-corrected chi connectivity index (χ0v) is 16.6. The summed E-state index contributed by atoms with van der Waals surface area (Å²) < 4.78 is 8.78. The lowest BCUT2D eigenvalue weighted by Crippen LogP contribution is -2.62. The average molecular weight is 470 g/mol. The molecule has 0 unspecified atom stereocenters. The fraction of sp³-hybridized carbons (Fsp3) is 0.833. The van der Waals surface area contributed by atoms with E-state index in [-0.39, 0.29) is 0 Å². The van der Waals surface area contributed by atoms with Gasteiger partial charge in [0.2, 0.25) is 13.1 Å². The molecule has 0 aromatic rings. The number of rotatable bonds is 15. The Morgan fingerprint density at radius 2 is 0.969 bits per heavy atom. The van der Waals surface area contributed by atoms with Crippen molar-refractivity contribution in [2.75, 3.05) is 26.3 Å². The van der Waals surface area contributed by atoms with Gasteiger partial charge in [0.25, 0.3) is 0 Å². The third-order valence-electron chi connectivity index (χ3n) is 4.08. The molecule has 0 aliphatic rings. The first-order valence-electron chi connectivity index (χ1n) is 8.36. The second-order valence-electron chi connectivity index (χ2n) is 6.23. The highest BCUT2D eigenvalue weighted by atomic mass is 16.7. The number of carbonyl (C=O) groups is 2. The molecule has 0 aliphatic heterocycles. The lowest BCUT2D eigenvalue weighted by Gasteiger charge is -2.24. The summed E-state index contributed by atoms with van der Waals surface area (Å²) in [6.45, 7) is -3.56. The van der Waals surface area contributed by atoms with Crippen LogP contribution in [-0.4, -0.2) is 79.3 Å². The zero-order chi connectivity index (χ0) is 25.3. The highest BCUT2D eigenvalue weighted by Gasteiger charge is 2.65. The van der Waals surface area contributed by atoms with Gasteiger partial charge in [-0.25, -0.2) is 10.1 Å². The molecule has 0 saturated carbocycles. The number of hydrogen-bond acceptors (Lipinski definition) is 14. The maximum atomic E-state index is 11.4. The van der Waals surface area contributed by atoms with Crippen LogP contribution < -0.4 is 0 Å². The van der Waals surface area contributed by atoms with Crippen molar-refractivity contribution in [3.8, 4) is 0 Å². The average Bonchev–Trinajstić information content (AvgIpc) is 2.63. The maximum absolute atomic E-state index is 11.4. The van der Waals surface area contributed by atoms with E-state index in [9.17, 15) is 60.2 Å². The first-order chi connectivity index (χ1) is 14.6. The topological polar surface area (TPSA) is 272 Å². The standard InChI is InChI=1S/C12H18N6O14/c1-9(19)31-5-3-11(14(21)22,15(23)24)7-13(18(29)30)8-12(16(25)26,17(27)28)4-6-32-10(2)20/h3-8H2,1-2H3. The molecule has 0 fully saturated rings. The minimum Gasteiger partial charge on any atom is -0.465 e. The van der Waals surface area contributed by atoms with E-state index in [1.54, 1.807) is 0 Å². The second kappa shape index (κ2) is 11.2. The van der Waals surface area contributed by atoms with Crippen LogP contribution in [0.4, 0.5) is 0 Å². The monoisotopic (exact) mass is 470 g/mol. The summed E-state index contributed by atoms with van der Waals surface area (Å²) in [5.74, 6) is -1.94. The normalized spacial score (nSPS) is 11.2. The van der Waals surface area contributed by atoms with Gasteiger partial charge in [0, 0.05) is 13.8 Å². The number of hydrazine groups is 1. The molecule has 0 amide bonds. The summed E-state index contributed by atoms with van der Waals surface area (Å²) in [5.41, 5.74) is -6.81. The molecule has 0 aromatic heterocycles. The van der Waals surface area contributed by atoms with E-state index in [1.807, 2.05) is 0 Å². The first-order valence-corrected chi connectivity index (χ1v) is 8.36. The molecular formula is C12H18N6O14. The molecule has 0 atom stereocenters. The van der Waals surface area contributed by atoms with E-state index < -0.39 is 92.1 Å². The summed E-state index contributed by atoms with van der Waals surface area (Å²) in [7, 11) is 0. The molecule has 0 aromatic carbocycles. The lowest BCUT2D eigenvalue weighted by atomic mass is 10.1. The number of carbonyl (C=O) groups excluding carboxylic acids is 2. The van der Waals surface area contributed by atoms with Crippen LogP contribution in [0.5, 0.6) is 0 Å². The van der Waals surface area contributed by atoms with Crippen LogP contribution in [0.1, 0.15) is 26.7 Å². The summed E-state index contributed by atoms with van der Waals surface area (Å²) in [4.78, 5) is 72.6. The van der Waals surface area contributed by atoms with Gasteiger partial charge in [0.05, 0.1) is 0 Å². The molecule has 0 bridgehead atoms. The van der Waals surface area contributed by atoms with Crippen LogP contribution >= 0.6 is 0 Å². The van der Waals surface area contributed by atoms with Crippen molar-refractivity contribution in [3.05, 3.63) is 50.6 Å². The van der Waals surface area contributed by atoms with E-state index in [0.717, 1.165) is 13.8 Å². The lowest BCUT2D eigenvalue weighted by molar-refractivity contribution is -0.827. The third kappa shape index (κ3) is 6.91. The van der Waals surface area contributed by atoms with Crippen molar-refractivity contribution >= 4 is 11.9 Å². The van der Waals surface area contributed by atoms with Crippen molar-refractivity contribution in [2.24, 2.45) is 0 Å². The van der Waals surface area contributed by atoms with Crippen molar-refractivity contribution in [1.29, 1.82) is 0 Å². The van der Waals surface area contributed by atoms with Crippen LogP contribution in [0.3, 0.4) is 0 Å². The molecule has 32 heavy (non-hydrogen) atoms. The van der Waals surface area contributed by atoms with E-state index in [2.05, 4.69) is 9.47 Å². The largest absolute Gasteiger partial charge is 0.484 e. The molecule has 0 aliphatic carbocycles. The van der Waals surface area contributed by atoms with E-state index in [0.29, 0.717) is 0 Å². The Morgan fingerprint density at radius 3 is 1.16 bits per heavy atom. The van der Waals surface area contributed by atoms with Crippen LogP contribution in [-0.2, 0) is 19.1 Å². The molecule has 0 rings (SSSR count). The Kier molecular flexibility index (Phi) is 9.72. The Hall–Kier alpha value is -4.26. The number of esters is 2. The van der Waals surface area contributed by atoms with Crippen molar-refractivity contribution in [2.45, 2.75) is 38.0 Å². The highest BCUT2D eigenvalue weighted by Crippen LogP contribution is 2.24. The van der Waals surface area contributed by atoms with Crippen LogP contribution in [0.15, 0.2) is 0 Å². The summed E-state index contributed by atoms with van der Waals surface area (Å²) in [6, 6.07) is 0. The maximum Gasteiger partial charge on any atom is 0.484 e. The molecule has 20 heteroatoms. The van der Waals surface area contributed by atoms with Crippen molar-refractivity contribution in [3.63, 3.8) is 0 Å². The molecule has 0 N–H and O–H groups in total. The molecule has 0 spiro atoms.